The highest BCUT2D eigenvalue weighted by Crippen LogP contribution is 2.19. The second kappa shape index (κ2) is 12.0. The van der Waals surface area contributed by atoms with Crippen LogP contribution in [-0.4, -0.2) is 47.7 Å². The first kappa shape index (κ1) is 29.4. The number of benzene rings is 2. The van der Waals surface area contributed by atoms with Gasteiger partial charge < -0.3 is 9.47 Å². The Morgan fingerprint density at radius 1 is 0.972 bits per heavy atom. The van der Waals surface area contributed by atoms with Crippen molar-refractivity contribution in [2.45, 2.75) is 55.5 Å². The lowest BCUT2D eigenvalue weighted by atomic mass is 10.1. The molecule has 0 aliphatic carbocycles. The fourth-order valence-corrected chi connectivity index (χ4v) is 4.89. The van der Waals surface area contributed by atoms with Crippen LogP contribution in [0.4, 0.5) is 4.39 Å². The quantitative estimate of drug-likeness (QED) is 0.244. The third-order valence-electron chi connectivity index (χ3n) is 4.45. The maximum atomic E-state index is 13.4. The average molecular weight is 544 g/mol. The van der Waals surface area contributed by atoms with Gasteiger partial charge in [0.1, 0.15) is 30.6 Å². The van der Waals surface area contributed by atoms with Gasteiger partial charge in [0, 0.05) is 6.42 Å². The van der Waals surface area contributed by atoms with E-state index < -0.39 is 50.0 Å². The molecule has 0 radical (unpaired) electrons. The number of nitrogens with one attached hydrogen (secondary N) is 1. The van der Waals surface area contributed by atoms with Gasteiger partial charge >= 0.3 is 5.97 Å². The zero-order valence-corrected chi connectivity index (χ0v) is 22.1. The summed E-state index contributed by atoms with van der Waals surface area (Å²) < 4.78 is 80.9. The molecule has 2 aromatic rings. The molecule has 0 saturated heterocycles. The Morgan fingerprint density at radius 2 is 1.53 bits per heavy atom. The van der Waals surface area contributed by atoms with E-state index in [2.05, 4.69) is 11.3 Å². The summed E-state index contributed by atoms with van der Waals surface area (Å²) in [5.41, 5.74) is 0.00630. The van der Waals surface area contributed by atoms with Crippen molar-refractivity contribution in [1.82, 2.24) is 4.72 Å². The molecule has 0 spiro atoms. The molecule has 198 valence electrons. The van der Waals surface area contributed by atoms with E-state index in [9.17, 15) is 26.0 Å². The minimum absolute atomic E-state index is 0.0242. The number of esters is 1. The van der Waals surface area contributed by atoms with Crippen LogP contribution in [0.5, 0.6) is 5.75 Å². The van der Waals surface area contributed by atoms with Gasteiger partial charge in [-0.2, -0.15) is 13.1 Å². The number of halogens is 1. The summed E-state index contributed by atoms with van der Waals surface area (Å²) in [7, 11) is -8.15. The van der Waals surface area contributed by atoms with E-state index in [1.807, 2.05) is 6.92 Å². The maximum Gasteiger partial charge on any atom is 0.325 e. The fourth-order valence-electron chi connectivity index (χ4n) is 2.81. The third kappa shape index (κ3) is 9.34. The minimum atomic E-state index is -4.22. The lowest BCUT2D eigenvalue weighted by Gasteiger charge is -2.24. The Balaban J connectivity index is 1.98. The van der Waals surface area contributed by atoms with Crippen LogP contribution in [0, 0.1) is 6.92 Å². The third-order valence-corrected chi connectivity index (χ3v) is 7.26. The molecule has 2 aromatic carbocycles. The molecule has 0 amide bonds. The number of rotatable bonds is 12. The highest BCUT2D eigenvalue weighted by molar-refractivity contribution is 7.89. The number of hydrogen-bond donors (Lipinski definition) is 1. The molecule has 1 atom stereocenters. The molecule has 9 nitrogen and oxygen atoms in total. The van der Waals surface area contributed by atoms with Gasteiger partial charge in [-0.3, -0.25) is 8.98 Å². The van der Waals surface area contributed by atoms with Crippen LogP contribution in [0.2, 0.25) is 0 Å². The van der Waals surface area contributed by atoms with Crippen LogP contribution in [0.3, 0.4) is 0 Å². The summed E-state index contributed by atoms with van der Waals surface area (Å²) in [4.78, 5) is 12.2. The number of aryl methyl sites for hydroxylation is 1. The maximum absolute atomic E-state index is 13.4. The zero-order chi connectivity index (χ0) is 27.1. The lowest BCUT2D eigenvalue weighted by Crippen LogP contribution is -2.44. The fraction of sp³-hybridized carbons (Fsp3) is 0.375. The molecule has 0 heterocycles. The van der Waals surface area contributed by atoms with Crippen molar-refractivity contribution < 1.29 is 39.7 Å². The molecule has 0 bridgehead atoms. The summed E-state index contributed by atoms with van der Waals surface area (Å²) in [5, 5.41) is 0. The van der Waals surface area contributed by atoms with Gasteiger partial charge in [0.25, 0.3) is 10.1 Å². The Labute approximate surface area is 211 Å². The number of ether oxygens (including phenoxy) is 2. The van der Waals surface area contributed by atoms with Gasteiger partial charge in [0.2, 0.25) is 10.0 Å². The van der Waals surface area contributed by atoms with Crippen LogP contribution in [0.15, 0.2) is 70.7 Å². The van der Waals surface area contributed by atoms with E-state index in [1.165, 1.54) is 36.4 Å². The summed E-state index contributed by atoms with van der Waals surface area (Å²) in [5.74, 6) is -1.57. The van der Waals surface area contributed by atoms with Gasteiger partial charge in [-0.05, 0) is 64.1 Å². The second-order valence-corrected chi connectivity index (χ2v) is 12.2. The van der Waals surface area contributed by atoms with Gasteiger partial charge in [-0.25, -0.2) is 12.8 Å². The Morgan fingerprint density at radius 3 is 2.06 bits per heavy atom. The predicted octanol–water partition coefficient (Wildman–Crippen LogP) is 3.64. The van der Waals surface area contributed by atoms with Crippen molar-refractivity contribution in [2.75, 3.05) is 13.2 Å². The van der Waals surface area contributed by atoms with Crippen LogP contribution in [0.25, 0.3) is 0 Å². The molecule has 0 saturated carbocycles. The summed E-state index contributed by atoms with van der Waals surface area (Å²) in [6.07, 6.45) is -0.583. The molecule has 0 aliphatic rings. The first-order chi connectivity index (χ1) is 16.6. The zero-order valence-electron chi connectivity index (χ0n) is 20.5. The molecule has 36 heavy (non-hydrogen) atoms. The van der Waals surface area contributed by atoms with Crippen molar-refractivity contribution in [2.24, 2.45) is 0 Å². The van der Waals surface area contributed by atoms with Crippen molar-refractivity contribution in [3.05, 3.63) is 66.5 Å². The number of carbonyl (C=O) groups excluding carboxylic acids is 1. The van der Waals surface area contributed by atoms with E-state index in [1.54, 1.807) is 32.9 Å². The number of carbonyl (C=O) groups is 1. The molecule has 0 fully saturated rings. The Kier molecular flexibility index (Phi) is 9.78. The molecular weight excluding hydrogens is 513 g/mol. The standard InChI is InChI=1S/C24H30FNO8S2/c1-17-6-10-21(11-7-17)36(30,31)33-15-14-32-19-8-12-20(13-9-19)35(28,29)26-22(16-18(2)25)23(27)34-24(3,4)5/h6-13,22,26H,2,14-16H2,1,3-5H3/t22-/m0/s1. The van der Waals surface area contributed by atoms with Crippen molar-refractivity contribution in [3.63, 3.8) is 0 Å². The van der Waals surface area contributed by atoms with Crippen molar-refractivity contribution in [3.8, 4) is 5.75 Å². The van der Waals surface area contributed by atoms with Gasteiger partial charge in [-0.15, -0.1) is 0 Å². The summed E-state index contributed by atoms with van der Waals surface area (Å²) in [6, 6.07) is 9.82. The largest absolute Gasteiger partial charge is 0.491 e. The van der Waals surface area contributed by atoms with Crippen LogP contribution in [0.1, 0.15) is 32.8 Å². The first-order valence-corrected chi connectivity index (χ1v) is 13.8. The van der Waals surface area contributed by atoms with Gasteiger partial charge in [0.05, 0.1) is 15.6 Å². The van der Waals surface area contributed by atoms with Crippen LogP contribution < -0.4 is 9.46 Å². The number of sulfonamides is 1. The monoisotopic (exact) mass is 543 g/mol. The van der Waals surface area contributed by atoms with Gasteiger partial charge in [-0.1, -0.05) is 24.3 Å². The van der Waals surface area contributed by atoms with Gasteiger partial charge in [0.15, 0.2) is 0 Å². The second-order valence-electron chi connectivity index (χ2n) is 8.84. The summed E-state index contributed by atoms with van der Waals surface area (Å²) in [6.45, 7) is 9.34. The smallest absolute Gasteiger partial charge is 0.325 e. The molecule has 12 heteroatoms. The van der Waals surface area contributed by atoms with E-state index >= 15 is 0 Å². The average Bonchev–Trinajstić information content (AvgIpc) is 2.75. The van der Waals surface area contributed by atoms with Crippen LogP contribution in [-0.2, 0) is 33.9 Å². The van der Waals surface area contributed by atoms with Crippen molar-refractivity contribution in [1.29, 1.82) is 0 Å². The first-order valence-electron chi connectivity index (χ1n) is 10.9. The number of hydrogen-bond acceptors (Lipinski definition) is 8. The molecule has 2 rings (SSSR count). The lowest BCUT2D eigenvalue weighted by molar-refractivity contribution is -0.157. The minimum Gasteiger partial charge on any atom is -0.491 e. The highest BCUT2D eigenvalue weighted by Gasteiger charge is 2.30. The van der Waals surface area contributed by atoms with E-state index in [0.717, 1.165) is 5.56 Å². The van der Waals surface area contributed by atoms with E-state index in [-0.39, 0.29) is 28.8 Å². The summed E-state index contributed by atoms with van der Waals surface area (Å²) >= 11 is 0. The molecule has 0 aromatic heterocycles. The molecule has 0 aliphatic heterocycles. The van der Waals surface area contributed by atoms with Crippen molar-refractivity contribution >= 4 is 26.1 Å². The van der Waals surface area contributed by atoms with Crippen LogP contribution >= 0.6 is 0 Å². The van der Waals surface area contributed by atoms with E-state index in [4.69, 9.17) is 13.7 Å². The topological polar surface area (TPSA) is 125 Å². The Bertz CT molecular complexity index is 1270. The normalized spacial score (nSPS) is 13.1. The Hall–Kier alpha value is -2.80. The predicted molar refractivity (Wildman–Crippen MR) is 131 cm³/mol. The SMILES string of the molecule is C=C(F)C[C@H](NS(=O)(=O)c1ccc(OCCOS(=O)(=O)c2ccc(C)cc2)cc1)C(=O)OC(C)(C)C. The highest BCUT2D eigenvalue weighted by atomic mass is 32.2. The molecule has 1 N–H and O–H groups in total. The molecule has 0 unspecified atom stereocenters. The molecular formula is C24H30FNO8S2. The van der Waals surface area contributed by atoms with E-state index in [0.29, 0.717) is 0 Å².